The number of fused-ring (bicyclic) bond motifs is 1. The fraction of sp³-hybridized carbons (Fsp3) is 0.538. The van der Waals surface area contributed by atoms with E-state index >= 15 is 0 Å². The van der Waals surface area contributed by atoms with E-state index in [2.05, 4.69) is 59.2 Å². The van der Waals surface area contributed by atoms with E-state index in [-0.39, 0.29) is 23.7 Å². The number of nitrogens with zero attached hydrogens (tertiary/aromatic N) is 3. The molecule has 3 heterocycles. The molecule has 0 bridgehead atoms. The lowest BCUT2D eigenvalue weighted by molar-refractivity contribution is -0.113. The lowest BCUT2D eigenvalue weighted by Crippen LogP contribution is -2.17. The summed E-state index contributed by atoms with van der Waals surface area (Å²) < 4.78 is 7.42. The van der Waals surface area contributed by atoms with Crippen LogP contribution in [0.2, 0.25) is 0 Å². The SMILES string of the molecule is CCOC(=O)c1c(NC(=O)CSc2nnc(-c3csc(C(C)C)c3)n2C(C)C)sc2c1CCCCC2. The second kappa shape index (κ2) is 11.9. The van der Waals surface area contributed by atoms with Crippen molar-refractivity contribution in [2.24, 2.45) is 0 Å². The van der Waals surface area contributed by atoms with Crippen molar-refractivity contribution in [2.45, 2.75) is 83.8 Å². The van der Waals surface area contributed by atoms with E-state index in [1.54, 1.807) is 18.3 Å². The van der Waals surface area contributed by atoms with Gasteiger partial charge in [-0.05, 0) is 64.0 Å². The minimum absolute atomic E-state index is 0.145. The number of nitrogens with one attached hydrogen (secondary N) is 1. The van der Waals surface area contributed by atoms with E-state index in [0.717, 1.165) is 49.1 Å². The first-order chi connectivity index (χ1) is 17.3. The van der Waals surface area contributed by atoms with E-state index in [0.29, 0.717) is 28.2 Å². The van der Waals surface area contributed by atoms with Gasteiger partial charge in [-0.1, -0.05) is 32.0 Å². The number of thiophene rings is 2. The molecule has 0 aromatic carbocycles. The van der Waals surface area contributed by atoms with Gasteiger partial charge in [0, 0.05) is 26.7 Å². The standard InChI is InChI=1S/C26H34N4O3S3/c1-6-33-25(32)22-18-10-8-7-9-11-19(18)36-24(22)27-21(31)14-35-26-29-28-23(30(26)16(4)5)17-12-20(15(2)3)34-13-17/h12-13,15-16H,6-11,14H2,1-5H3,(H,27,31). The molecular formula is C26H34N4O3S3. The fourth-order valence-electron chi connectivity index (χ4n) is 4.35. The van der Waals surface area contributed by atoms with Crippen LogP contribution in [0.5, 0.6) is 0 Å². The summed E-state index contributed by atoms with van der Waals surface area (Å²) in [5.74, 6) is 0.947. The van der Waals surface area contributed by atoms with Crippen molar-refractivity contribution >= 4 is 51.3 Å². The molecule has 1 aliphatic rings. The van der Waals surface area contributed by atoms with Gasteiger partial charge in [-0.15, -0.1) is 32.9 Å². The minimum atomic E-state index is -0.347. The predicted molar refractivity (Wildman–Crippen MR) is 149 cm³/mol. The van der Waals surface area contributed by atoms with Crippen LogP contribution in [0.1, 0.15) is 91.5 Å². The number of aryl methyl sites for hydroxylation is 1. The highest BCUT2D eigenvalue weighted by Crippen LogP contribution is 2.38. The van der Waals surface area contributed by atoms with Gasteiger partial charge in [0.05, 0.1) is 17.9 Å². The van der Waals surface area contributed by atoms with Crippen molar-refractivity contribution in [3.63, 3.8) is 0 Å². The number of ether oxygens (including phenoxy) is 1. The first-order valence-electron chi connectivity index (χ1n) is 12.6. The highest BCUT2D eigenvalue weighted by Gasteiger charge is 2.27. The fourth-order valence-corrected chi connectivity index (χ4v) is 7.42. The minimum Gasteiger partial charge on any atom is -0.462 e. The molecule has 3 aromatic rings. The van der Waals surface area contributed by atoms with Crippen LogP contribution >= 0.6 is 34.4 Å². The van der Waals surface area contributed by atoms with E-state index < -0.39 is 0 Å². The van der Waals surface area contributed by atoms with Crippen LogP contribution in [-0.4, -0.2) is 39.0 Å². The Morgan fingerprint density at radius 1 is 1.17 bits per heavy atom. The van der Waals surface area contributed by atoms with Crippen LogP contribution in [0.15, 0.2) is 16.6 Å². The number of amides is 1. The lowest BCUT2D eigenvalue weighted by Gasteiger charge is -2.13. The number of esters is 1. The average Bonchev–Trinajstić information content (AvgIpc) is 3.51. The smallest absolute Gasteiger partial charge is 0.341 e. The van der Waals surface area contributed by atoms with Crippen molar-refractivity contribution in [1.29, 1.82) is 0 Å². The molecule has 7 nitrogen and oxygen atoms in total. The van der Waals surface area contributed by atoms with Gasteiger partial charge in [0.25, 0.3) is 0 Å². The Morgan fingerprint density at radius 2 is 1.94 bits per heavy atom. The first kappa shape index (κ1) is 26.9. The van der Waals surface area contributed by atoms with Gasteiger partial charge in [0.1, 0.15) is 5.00 Å². The zero-order valence-electron chi connectivity index (χ0n) is 21.6. The van der Waals surface area contributed by atoms with E-state index in [1.807, 2.05) is 0 Å². The first-order valence-corrected chi connectivity index (χ1v) is 15.3. The number of hydrogen-bond donors (Lipinski definition) is 1. The molecular weight excluding hydrogens is 513 g/mol. The van der Waals surface area contributed by atoms with E-state index in [4.69, 9.17) is 4.74 Å². The monoisotopic (exact) mass is 546 g/mol. The number of carbonyl (C=O) groups excluding carboxylic acids is 2. The third-order valence-electron chi connectivity index (χ3n) is 6.11. The van der Waals surface area contributed by atoms with Crippen LogP contribution in [-0.2, 0) is 22.4 Å². The van der Waals surface area contributed by atoms with Gasteiger partial charge in [-0.3, -0.25) is 9.36 Å². The third-order valence-corrected chi connectivity index (χ3v) is 9.50. The van der Waals surface area contributed by atoms with Crippen molar-refractivity contribution in [2.75, 3.05) is 17.7 Å². The quantitative estimate of drug-likeness (QED) is 0.178. The molecule has 10 heteroatoms. The summed E-state index contributed by atoms with van der Waals surface area (Å²) in [6, 6.07) is 2.32. The summed E-state index contributed by atoms with van der Waals surface area (Å²) in [5, 5.41) is 15.3. The van der Waals surface area contributed by atoms with E-state index in [1.165, 1.54) is 32.9 Å². The number of thioether (sulfide) groups is 1. The van der Waals surface area contributed by atoms with Gasteiger partial charge < -0.3 is 10.1 Å². The lowest BCUT2D eigenvalue weighted by atomic mass is 10.1. The number of aromatic nitrogens is 3. The molecule has 0 unspecified atom stereocenters. The Morgan fingerprint density at radius 3 is 2.64 bits per heavy atom. The number of hydrogen-bond acceptors (Lipinski definition) is 8. The third kappa shape index (κ3) is 5.86. The predicted octanol–water partition coefficient (Wildman–Crippen LogP) is 6.95. The second-order valence-electron chi connectivity index (χ2n) is 9.49. The molecule has 36 heavy (non-hydrogen) atoms. The molecule has 194 valence electrons. The number of anilines is 1. The molecule has 0 fully saturated rings. The van der Waals surface area contributed by atoms with Crippen molar-refractivity contribution in [3.8, 4) is 11.4 Å². The Hall–Kier alpha value is -2.17. The highest BCUT2D eigenvalue weighted by atomic mass is 32.2. The Bertz CT molecular complexity index is 1230. The van der Waals surface area contributed by atoms with Crippen LogP contribution in [0.3, 0.4) is 0 Å². The summed E-state index contributed by atoms with van der Waals surface area (Å²) in [4.78, 5) is 28.3. The van der Waals surface area contributed by atoms with Gasteiger partial charge in [0.2, 0.25) is 5.91 Å². The summed E-state index contributed by atoms with van der Waals surface area (Å²) in [6.07, 6.45) is 5.11. The molecule has 1 N–H and O–H groups in total. The van der Waals surface area contributed by atoms with Gasteiger partial charge >= 0.3 is 5.97 Å². The molecule has 3 aromatic heterocycles. The molecule has 4 rings (SSSR count). The Balaban J connectivity index is 1.51. The molecule has 1 amide bonds. The van der Waals surface area contributed by atoms with Gasteiger partial charge in [-0.2, -0.15) is 0 Å². The molecule has 0 spiro atoms. The molecule has 0 aliphatic heterocycles. The van der Waals surface area contributed by atoms with Crippen molar-refractivity contribution in [1.82, 2.24) is 14.8 Å². The Labute approximate surface area is 225 Å². The topological polar surface area (TPSA) is 86.1 Å². The molecule has 0 saturated carbocycles. The molecule has 0 radical (unpaired) electrons. The summed E-state index contributed by atoms with van der Waals surface area (Å²) in [5.41, 5.74) is 2.66. The summed E-state index contributed by atoms with van der Waals surface area (Å²) in [7, 11) is 0. The maximum absolute atomic E-state index is 13.0. The zero-order valence-corrected chi connectivity index (χ0v) is 24.0. The number of carbonyl (C=O) groups is 2. The zero-order chi connectivity index (χ0) is 25.8. The largest absolute Gasteiger partial charge is 0.462 e. The normalized spacial score (nSPS) is 13.6. The van der Waals surface area contributed by atoms with Gasteiger partial charge in [0.15, 0.2) is 11.0 Å². The van der Waals surface area contributed by atoms with Crippen molar-refractivity contribution in [3.05, 3.63) is 32.3 Å². The molecule has 0 saturated heterocycles. The average molecular weight is 547 g/mol. The molecule has 0 atom stereocenters. The second-order valence-corrected chi connectivity index (χ2v) is 12.5. The maximum Gasteiger partial charge on any atom is 0.341 e. The van der Waals surface area contributed by atoms with Crippen molar-refractivity contribution < 1.29 is 14.3 Å². The van der Waals surface area contributed by atoms with Crippen LogP contribution < -0.4 is 5.32 Å². The van der Waals surface area contributed by atoms with Crippen LogP contribution in [0, 0.1) is 0 Å². The van der Waals surface area contributed by atoms with Crippen LogP contribution in [0.4, 0.5) is 5.00 Å². The highest BCUT2D eigenvalue weighted by molar-refractivity contribution is 7.99. The molecule has 1 aliphatic carbocycles. The summed E-state index contributed by atoms with van der Waals surface area (Å²) in [6.45, 7) is 10.7. The van der Waals surface area contributed by atoms with Gasteiger partial charge in [-0.25, -0.2) is 4.79 Å². The summed E-state index contributed by atoms with van der Waals surface area (Å²) >= 11 is 4.62. The Kier molecular flexibility index (Phi) is 8.90. The van der Waals surface area contributed by atoms with E-state index in [9.17, 15) is 9.59 Å². The number of rotatable bonds is 9. The van der Waals surface area contributed by atoms with Crippen LogP contribution in [0.25, 0.3) is 11.4 Å². The maximum atomic E-state index is 13.0.